The number of hydrogen-bond donors (Lipinski definition) is 0. The Morgan fingerprint density at radius 2 is 1.47 bits per heavy atom. The highest BCUT2D eigenvalue weighted by molar-refractivity contribution is 5.92. The van der Waals surface area contributed by atoms with E-state index in [0.29, 0.717) is 0 Å². The molecule has 5 rings (SSSR count). The lowest BCUT2D eigenvalue weighted by molar-refractivity contribution is 0.185. The monoisotopic (exact) mass is 416 g/mol. The smallest absolute Gasteiger partial charge is 0.227 e. The van der Waals surface area contributed by atoms with Crippen LogP contribution >= 0.6 is 0 Å². The van der Waals surface area contributed by atoms with Crippen molar-refractivity contribution in [3.63, 3.8) is 0 Å². The summed E-state index contributed by atoms with van der Waals surface area (Å²) in [5.41, 5.74) is 4.56. The molecule has 1 aliphatic heterocycles. The fourth-order valence-electron chi connectivity index (χ4n) is 3.44. The molecule has 154 valence electrons. The van der Waals surface area contributed by atoms with Gasteiger partial charge in [-0.25, -0.2) is 0 Å². The van der Waals surface area contributed by atoms with E-state index < -0.39 is 0 Å². The number of fused-ring (bicyclic) bond motifs is 1. The third kappa shape index (κ3) is 4.52. The largest absolute Gasteiger partial charge is 0.471 e. The highest BCUT2D eigenvalue weighted by atomic mass is 16.5. The van der Waals surface area contributed by atoms with E-state index >= 15 is 0 Å². The van der Waals surface area contributed by atoms with Gasteiger partial charge in [0.2, 0.25) is 6.23 Å². The highest BCUT2D eigenvalue weighted by Crippen LogP contribution is 2.30. The molecule has 32 heavy (non-hydrogen) atoms. The molecule has 5 nitrogen and oxygen atoms in total. The van der Waals surface area contributed by atoms with Gasteiger partial charge in [0.25, 0.3) is 0 Å². The molecule has 4 aromatic carbocycles. The van der Waals surface area contributed by atoms with E-state index in [0.717, 1.165) is 39.0 Å². The van der Waals surface area contributed by atoms with Gasteiger partial charge in [-0.15, -0.1) is 10.2 Å². The zero-order valence-electron chi connectivity index (χ0n) is 17.2. The molecule has 1 unspecified atom stereocenters. The Kier molecular flexibility index (Phi) is 5.62. The van der Waals surface area contributed by atoms with Gasteiger partial charge in [-0.3, -0.25) is 0 Å². The fourth-order valence-corrected chi connectivity index (χ4v) is 3.44. The minimum Gasteiger partial charge on any atom is -0.471 e. The molecular weight excluding hydrogens is 396 g/mol. The van der Waals surface area contributed by atoms with Crippen molar-refractivity contribution in [2.24, 2.45) is 20.5 Å². The number of allylic oxidation sites excluding steroid dienone is 2. The van der Waals surface area contributed by atoms with E-state index in [2.05, 4.69) is 44.7 Å². The van der Waals surface area contributed by atoms with Crippen LogP contribution in [0.15, 0.2) is 136 Å². The Bertz CT molecular complexity index is 1350. The van der Waals surface area contributed by atoms with Crippen LogP contribution in [0.4, 0.5) is 17.1 Å². The second-order valence-corrected chi connectivity index (χ2v) is 7.25. The predicted octanol–water partition coefficient (Wildman–Crippen LogP) is 8.43. The van der Waals surface area contributed by atoms with Crippen LogP contribution in [0.5, 0.6) is 0 Å². The lowest BCUT2D eigenvalue weighted by atomic mass is 10.1. The van der Waals surface area contributed by atoms with Crippen LogP contribution in [0.2, 0.25) is 0 Å². The first-order valence-electron chi connectivity index (χ1n) is 10.3. The maximum Gasteiger partial charge on any atom is 0.227 e. The molecule has 0 radical (unpaired) electrons. The highest BCUT2D eigenvalue weighted by Gasteiger charge is 2.04. The zero-order valence-corrected chi connectivity index (χ0v) is 17.2. The van der Waals surface area contributed by atoms with Gasteiger partial charge < -0.3 is 4.74 Å². The fraction of sp³-hybridized carbons (Fsp3) is 0.0370. The summed E-state index contributed by atoms with van der Waals surface area (Å²) in [6.45, 7) is 0. The van der Waals surface area contributed by atoms with Crippen LogP contribution in [0, 0.1) is 0 Å². The van der Waals surface area contributed by atoms with Gasteiger partial charge in [0.1, 0.15) is 0 Å². The van der Waals surface area contributed by atoms with Crippen molar-refractivity contribution in [1.82, 2.24) is 0 Å². The van der Waals surface area contributed by atoms with E-state index in [-0.39, 0.29) is 6.23 Å². The maximum absolute atomic E-state index is 5.34. The first-order chi connectivity index (χ1) is 15.8. The van der Waals surface area contributed by atoms with Crippen molar-refractivity contribution < 1.29 is 4.74 Å². The molecule has 0 aromatic heterocycles. The molecule has 0 N–H and O–H groups in total. The summed E-state index contributed by atoms with van der Waals surface area (Å²) in [7, 11) is 0. The quantitative estimate of drug-likeness (QED) is 0.301. The molecule has 1 heterocycles. The normalized spacial score (nSPS) is 15.6. The van der Waals surface area contributed by atoms with E-state index in [9.17, 15) is 0 Å². The minimum atomic E-state index is -0.372. The Hall–Kier alpha value is -4.38. The SMILES string of the molecule is C1=COC(N=Nc2ccc(-c3cccc(N=Nc4cccc5ccccc45)c3)cc2)C=C1. The van der Waals surface area contributed by atoms with Crippen molar-refractivity contribution in [2.45, 2.75) is 6.23 Å². The number of hydrogen-bond acceptors (Lipinski definition) is 5. The van der Waals surface area contributed by atoms with E-state index in [1.54, 1.807) is 6.26 Å². The standard InChI is InChI=1S/C27H20N4O/c1-2-11-25-21(7-1)8-6-12-26(25)30-29-24-10-5-9-22(19-24)20-14-16-23(17-15-20)28-31-27-13-3-4-18-32-27/h1-19,27H. The Morgan fingerprint density at radius 3 is 2.34 bits per heavy atom. The van der Waals surface area contributed by atoms with Gasteiger partial charge in [-0.2, -0.15) is 10.2 Å². The average molecular weight is 416 g/mol. The molecule has 4 aromatic rings. The number of benzene rings is 4. The van der Waals surface area contributed by atoms with Gasteiger partial charge in [0, 0.05) is 5.39 Å². The van der Waals surface area contributed by atoms with Gasteiger partial charge in [0.05, 0.1) is 23.3 Å². The van der Waals surface area contributed by atoms with Crippen LogP contribution in [0.3, 0.4) is 0 Å². The number of azo groups is 2. The van der Waals surface area contributed by atoms with Crippen LogP contribution in [0.25, 0.3) is 21.9 Å². The van der Waals surface area contributed by atoms with Gasteiger partial charge in [0.15, 0.2) is 0 Å². The molecule has 0 bridgehead atoms. The molecule has 0 fully saturated rings. The van der Waals surface area contributed by atoms with Crippen molar-refractivity contribution in [2.75, 3.05) is 0 Å². The summed E-state index contributed by atoms with van der Waals surface area (Å²) < 4.78 is 5.34. The third-order valence-corrected chi connectivity index (χ3v) is 5.06. The lowest BCUT2D eigenvalue weighted by Crippen LogP contribution is -2.02. The second kappa shape index (κ2) is 9.18. The summed E-state index contributed by atoms with van der Waals surface area (Å²) in [6, 6.07) is 30.2. The Morgan fingerprint density at radius 1 is 0.625 bits per heavy atom. The second-order valence-electron chi connectivity index (χ2n) is 7.25. The van der Waals surface area contributed by atoms with Gasteiger partial charge in [-0.05, 0) is 59.0 Å². The van der Waals surface area contributed by atoms with E-state index in [4.69, 9.17) is 4.74 Å². The molecule has 0 saturated carbocycles. The van der Waals surface area contributed by atoms with Gasteiger partial charge >= 0.3 is 0 Å². The zero-order chi connectivity index (χ0) is 21.6. The van der Waals surface area contributed by atoms with Crippen LogP contribution in [0.1, 0.15) is 0 Å². The van der Waals surface area contributed by atoms with Crippen molar-refractivity contribution >= 4 is 27.8 Å². The summed E-state index contributed by atoms with van der Waals surface area (Å²) >= 11 is 0. The summed E-state index contributed by atoms with van der Waals surface area (Å²) in [6.07, 6.45) is 6.79. The number of nitrogens with zero attached hydrogens (tertiary/aromatic N) is 4. The first kappa shape index (κ1) is 19.6. The third-order valence-electron chi connectivity index (χ3n) is 5.06. The molecule has 5 heteroatoms. The maximum atomic E-state index is 5.34. The van der Waals surface area contributed by atoms with Crippen molar-refractivity contribution in [1.29, 1.82) is 0 Å². The van der Waals surface area contributed by atoms with Crippen molar-refractivity contribution in [3.05, 3.63) is 115 Å². The Balaban J connectivity index is 1.33. The Labute approximate surface area is 186 Å². The summed E-state index contributed by atoms with van der Waals surface area (Å²) in [4.78, 5) is 0. The average Bonchev–Trinajstić information content (AvgIpc) is 2.87. The van der Waals surface area contributed by atoms with Gasteiger partial charge in [-0.1, -0.05) is 66.7 Å². The number of ether oxygens (including phenoxy) is 1. The minimum absolute atomic E-state index is 0.372. The topological polar surface area (TPSA) is 58.7 Å². The molecule has 0 amide bonds. The van der Waals surface area contributed by atoms with E-state index in [1.807, 2.05) is 85.0 Å². The molecule has 0 saturated heterocycles. The molecule has 1 aliphatic rings. The molecule has 0 spiro atoms. The molecule has 0 aliphatic carbocycles. The lowest BCUT2D eigenvalue weighted by Gasteiger charge is -2.08. The number of rotatable bonds is 5. The van der Waals surface area contributed by atoms with Crippen molar-refractivity contribution in [3.8, 4) is 11.1 Å². The van der Waals surface area contributed by atoms with Crippen LogP contribution in [-0.4, -0.2) is 6.23 Å². The van der Waals surface area contributed by atoms with E-state index in [1.165, 1.54) is 0 Å². The van der Waals surface area contributed by atoms with Crippen LogP contribution in [-0.2, 0) is 4.74 Å². The molecular formula is C27H20N4O. The van der Waals surface area contributed by atoms with Crippen LogP contribution < -0.4 is 0 Å². The summed E-state index contributed by atoms with van der Waals surface area (Å²) in [5, 5.41) is 19.6. The predicted molar refractivity (Wildman–Crippen MR) is 128 cm³/mol. The molecule has 1 atom stereocenters. The summed E-state index contributed by atoms with van der Waals surface area (Å²) in [5.74, 6) is 0. The first-order valence-corrected chi connectivity index (χ1v) is 10.3.